The number of oxime groups is 2. The van der Waals surface area contributed by atoms with Gasteiger partial charge in [-0.25, -0.2) is 19.2 Å². The Labute approximate surface area is 379 Å². The topological polar surface area (TPSA) is 213 Å². The molecule has 65 heavy (non-hydrogen) atoms. The van der Waals surface area contributed by atoms with Crippen LogP contribution in [0.2, 0.25) is 0 Å². The van der Waals surface area contributed by atoms with E-state index in [0.29, 0.717) is 103 Å². The highest BCUT2D eigenvalue weighted by Gasteiger charge is 2.43. The first-order valence-electron chi connectivity index (χ1n) is 22.0. The zero-order chi connectivity index (χ0) is 46.9. The van der Waals surface area contributed by atoms with Crippen molar-refractivity contribution in [3.63, 3.8) is 0 Å². The molecule has 3 aliphatic rings. The molecule has 0 radical (unpaired) electrons. The van der Waals surface area contributed by atoms with Gasteiger partial charge in [0.05, 0.1) is 13.2 Å². The summed E-state index contributed by atoms with van der Waals surface area (Å²) < 4.78 is 22.4. The molecule has 2 heterocycles. The van der Waals surface area contributed by atoms with Crippen molar-refractivity contribution in [1.29, 1.82) is 0 Å². The summed E-state index contributed by atoms with van der Waals surface area (Å²) >= 11 is 0. The number of Topliss-reactive ketones (excluding diaryl/α,β-unsaturated/α-hetero) is 2. The van der Waals surface area contributed by atoms with E-state index in [-0.39, 0.29) is 59.8 Å². The van der Waals surface area contributed by atoms with E-state index in [0.717, 1.165) is 11.1 Å². The Morgan fingerprint density at radius 3 is 1.35 bits per heavy atom. The first-order chi connectivity index (χ1) is 31.3. The lowest BCUT2D eigenvalue weighted by molar-refractivity contribution is -0.139. The van der Waals surface area contributed by atoms with Crippen molar-refractivity contribution in [2.75, 3.05) is 92.0 Å². The van der Waals surface area contributed by atoms with Crippen LogP contribution in [0.5, 0.6) is 0 Å². The number of carbonyl (C=O) groups is 6. The van der Waals surface area contributed by atoms with Crippen LogP contribution in [-0.4, -0.2) is 149 Å². The van der Waals surface area contributed by atoms with Crippen molar-refractivity contribution in [2.45, 2.75) is 58.8 Å². The average molecular weight is 901 g/mol. The number of ether oxygens (including phenoxy) is 4. The molecule has 1 aliphatic carbocycles. The Hall–Kier alpha value is -6.08. The number of hydrogen-bond donors (Lipinski definition) is 2. The SMILES string of the molecule is C=C(C)C(=O)OCC/C(=N\OC(=O)N1CCNCC1)C(=O)c1ccc2c(c1)-c1cc(C(=O)/C(CCOC(=O)C(=C)C)=N/OC(=O)N3CCNCC3)ccc1C2(CCOCC)CCOCC. The Bertz CT molecular complexity index is 2020. The van der Waals surface area contributed by atoms with Crippen molar-refractivity contribution in [3.05, 3.63) is 83.0 Å². The summed E-state index contributed by atoms with van der Waals surface area (Å²) in [6.07, 6.45) is -0.706. The van der Waals surface area contributed by atoms with E-state index >= 15 is 0 Å². The number of nitrogens with zero attached hydrogens (tertiary/aromatic N) is 4. The summed E-state index contributed by atoms with van der Waals surface area (Å²) in [7, 11) is 0. The fraction of sp³-hybridized carbons (Fsp3) is 0.489. The van der Waals surface area contributed by atoms with Crippen LogP contribution < -0.4 is 10.6 Å². The largest absolute Gasteiger partial charge is 0.462 e. The maximum Gasteiger partial charge on any atom is 0.436 e. The second-order valence-corrected chi connectivity index (χ2v) is 15.8. The third-order valence-corrected chi connectivity index (χ3v) is 11.2. The second-order valence-electron chi connectivity index (χ2n) is 15.8. The standard InChI is InChI=1S/C47H60N6O12/c1-7-60-27-15-47(16-28-61-8-2)37-11-9-33(41(54)39(13-25-62-43(56)31(3)4)50-64-45(58)52-21-17-48-18-22-52)29-35(37)36-30-34(10-12-38(36)47)42(55)40(14-26-63-44(57)32(5)6)51-65-46(59)53-23-19-49-20-24-53/h9-12,29-30,48-49H,3,5,7-8,13-28H2,1-2,4,6H3/b50-39+,51-40+. The van der Waals surface area contributed by atoms with Gasteiger partial charge in [-0.1, -0.05) is 47.7 Å². The minimum atomic E-state index is -0.723. The van der Waals surface area contributed by atoms with Crippen molar-refractivity contribution < 1.29 is 57.4 Å². The summed E-state index contributed by atoms with van der Waals surface area (Å²) in [4.78, 5) is 92.8. The summed E-state index contributed by atoms with van der Waals surface area (Å²) in [6.45, 7) is 19.2. The molecule has 2 amide bonds. The molecule has 18 heteroatoms. The first-order valence-corrected chi connectivity index (χ1v) is 22.0. The number of esters is 2. The molecule has 0 aromatic heterocycles. The number of fused-ring (bicyclic) bond motifs is 3. The van der Waals surface area contributed by atoms with E-state index in [2.05, 4.69) is 34.1 Å². The smallest absolute Gasteiger partial charge is 0.436 e. The molecule has 18 nitrogen and oxygen atoms in total. The van der Waals surface area contributed by atoms with Crippen LogP contribution in [0, 0.1) is 0 Å². The second kappa shape index (κ2) is 24.3. The number of rotatable bonds is 22. The fourth-order valence-corrected chi connectivity index (χ4v) is 7.70. The lowest BCUT2D eigenvalue weighted by atomic mass is 9.73. The molecule has 2 saturated heterocycles. The van der Waals surface area contributed by atoms with Gasteiger partial charge in [0.15, 0.2) is 0 Å². The van der Waals surface area contributed by atoms with Gasteiger partial charge in [-0.05, 0) is 74.9 Å². The predicted molar refractivity (Wildman–Crippen MR) is 241 cm³/mol. The molecular formula is C47H60N6O12. The molecule has 2 aromatic carbocycles. The molecule has 2 aromatic rings. The van der Waals surface area contributed by atoms with Crippen LogP contribution in [0.3, 0.4) is 0 Å². The van der Waals surface area contributed by atoms with Crippen molar-refractivity contribution >= 4 is 47.1 Å². The van der Waals surface area contributed by atoms with Crippen molar-refractivity contribution in [3.8, 4) is 11.1 Å². The number of piperazine rings is 2. The molecule has 5 rings (SSSR count). The predicted octanol–water partition coefficient (Wildman–Crippen LogP) is 4.99. The van der Waals surface area contributed by atoms with E-state index in [1.165, 1.54) is 23.6 Å². The lowest BCUT2D eigenvalue weighted by Gasteiger charge is -2.32. The monoisotopic (exact) mass is 900 g/mol. The Balaban J connectivity index is 1.57. The first kappa shape index (κ1) is 49.9. The van der Waals surface area contributed by atoms with Crippen molar-refractivity contribution in [2.24, 2.45) is 10.3 Å². The van der Waals surface area contributed by atoms with Crippen molar-refractivity contribution in [1.82, 2.24) is 20.4 Å². The Kier molecular flexibility index (Phi) is 18.6. The minimum absolute atomic E-state index is 0.160. The molecule has 0 atom stereocenters. The average Bonchev–Trinajstić information content (AvgIpc) is 3.58. The molecule has 350 valence electrons. The summed E-state index contributed by atoms with van der Waals surface area (Å²) in [5.41, 5.74) is 2.80. The van der Waals surface area contributed by atoms with Gasteiger partial charge in [-0.2, -0.15) is 0 Å². The zero-order valence-electron chi connectivity index (χ0n) is 37.8. The highest BCUT2D eigenvalue weighted by Crippen LogP contribution is 2.53. The number of ketones is 2. The van der Waals surface area contributed by atoms with Gasteiger partial charge in [-0.15, -0.1) is 0 Å². The third kappa shape index (κ3) is 13.0. The van der Waals surface area contributed by atoms with Gasteiger partial charge in [-0.3, -0.25) is 19.3 Å². The Morgan fingerprint density at radius 2 is 1.00 bits per heavy atom. The highest BCUT2D eigenvalue weighted by molar-refractivity contribution is 6.46. The Morgan fingerprint density at radius 1 is 0.615 bits per heavy atom. The number of carbonyl (C=O) groups excluding carboxylic acids is 6. The lowest BCUT2D eigenvalue weighted by Crippen LogP contribution is -2.46. The van der Waals surface area contributed by atoms with Crippen LogP contribution in [0.1, 0.15) is 85.2 Å². The number of amides is 2. The van der Waals surface area contributed by atoms with E-state index in [9.17, 15) is 28.8 Å². The molecule has 2 fully saturated rings. The van der Waals surface area contributed by atoms with Crippen LogP contribution in [-0.2, 0) is 43.6 Å². The molecule has 0 spiro atoms. The summed E-state index contributed by atoms with van der Waals surface area (Å²) in [6, 6.07) is 10.5. The maximum absolute atomic E-state index is 14.4. The number of hydrogen-bond acceptors (Lipinski definition) is 16. The number of benzene rings is 2. The summed E-state index contributed by atoms with van der Waals surface area (Å²) in [5.74, 6) is -2.45. The van der Waals surface area contributed by atoms with Gasteiger partial charge >= 0.3 is 24.1 Å². The van der Waals surface area contributed by atoms with Gasteiger partial charge in [0.2, 0.25) is 11.6 Å². The summed E-state index contributed by atoms with van der Waals surface area (Å²) in [5, 5.41) is 14.4. The normalized spacial score (nSPS) is 15.6. The molecular weight excluding hydrogens is 841 g/mol. The molecule has 0 saturated carbocycles. The van der Waals surface area contributed by atoms with Gasteiger partial charge in [0.25, 0.3) is 0 Å². The molecule has 2 aliphatic heterocycles. The molecule has 0 bridgehead atoms. The minimum Gasteiger partial charge on any atom is -0.462 e. The van der Waals surface area contributed by atoms with Gasteiger partial charge < -0.3 is 39.4 Å². The maximum atomic E-state index is 14.4. The van der Waals surface area contributed by atoms with E-state index < -0.39 is 41.1 Å². The van der Waals surface area contributed by atoms with Crippen LogP contribution in [0.4, 0.5) is 9.59 Å². The van der Waals surface area contributed by atoms with Gasteiger partial charge in [0.1, 0.15) is 11.4 Å². The van der Waals surface area contributed by atoms with Crippen LogP contribution in [0.25, 0.3) is 11.1 Å². The van der Waals surface area contributed by atoms with E-state index in [1.54, 1.807) is 24.3 Å². The fourth-order valence-electron chi connectivity index (χ4n) is 7.70. The van der Waals surface area contributed by atoms with E-state index in [1.807, 2.05) is 26.0 Å². The quantitative estimate of drug-likeness (QED) is 0.0303. The van der Waals surface area contributed by atoms with Gasteiger partial charge in [0, 0.05) is 119 Å². The third-order valence-electron chi connectivity index (χ3n) is 11.2. The highest BCUT2D eigenvalue weighted by atomic mass is 16.7. The molecule has 2 N–H and O–H groups in total. The van der Waals surface area contributed by atoms with E-state index in [4.69, 9.17) is 28.6 Å². The van der Waals surface area contributed by atoms with Crippen LogP contribution in [0.15, 0.2) is 71.0 Å². The van der Waals surface area contributed by atoms with Crippen LogP contribution >= 0.6 is 0 Å². The number of nitrogens with one attached hydrogen (secondary N) is 2. The zero-order valence-corrected chi connectivity index (χ0v) is 37.8. The molecule has 0 unspecified atom stereocenters.